The number of ether oxygens (including phenoxy) is 1. The molecular weight excluding hydrogens is 262 g/mol. The summed E-state index contributed by atoms with van der Waals surface area (Å²) in [7, 11) is 0. The van der Waals surface area contributed by atoms with Gasteiger partial charge >= 0.3 is 0 Å². The fraction of sp³-hybridized carbons (Fsp3) is 0.500. The molecule has 1 saturated heterocycles. The molecule has 2 rings (SSSR count). The first-order valence-electron chi connectivity index (χ1n) is 4.87. The van der Waals surface area contributed by atoms with E-state index >= 15 is 0 Å². The van der Waals surface area contributed by atoms with Crippen molar-refractivity contribution in [2.75, 3.05) is 19.8 Å². The molecule has 1 aromatic heterocycles. The van der Waals surface area contributed by atoms with Gasteiger partial charge in [0.1, 0.15) is 0 Å². The van der Waals surface area contributed by atoms with Crippen molar-refractivity contribution in [1.82, 2.24) is 5.32 Å². The van der Waals surface area contributed by atoms with Crippen LogP contribution in [0.25, 0.3) is 0 Å². The lowest BCUT2D eigenvalue weighted by atomic mass is 10.1. The van der Waals surface area contributed by atoms with E-state index in [1.807, 2.05) is 0 Å². The Morgan fingerprint density at radius 2 is 2.47 bits per heavy atom. The summed E-state index contributed by atoms with van der Waals surface area (Å²) in [5, 5.41) is 2.82. The lowest BCUT2D eigenvalue weighted by molar-refractivity contribution is 0.0916. The van der Waals surface area contributed by atoms with E-state index in [0.717, 1.165) is 19.6 Å². The summed E-state index contributed by atoms with van der Waals surface area (Å²) in [6.45, 7) is 2.19. The van der Waals surface area contributed by atoms with Gasteiger partial charge in [0.05, 0.1) is 6.61 Å². The van der Waals surface area contributed by atoms with Gasteiger partial charge in [0.15, 0.2) is 10.4 Å². The SMILES string of the molecule is O=C(NCC1CCOC1)c1ccc(Br)o1. The van der Waals surface area contributed by atoms with Gasteiger partial charge in [0.25, 0.3) is 5.91 Å². The molecule has 1 aromatic rings. The van der Waals surface area contributed by atoms with Crippen molar-refractivity contribution in [1.29, 1.82) is 0 Å². The summed E-state index contributed by atoms with van der Waals surface area (Å²) in [4.78, 5) is 11.5. The molecule has 0 aromatic carbocycles. The van der Waals surface area contributed by atoms with E-state index in [4.69, 9.17) is 9.15 Å². The molecule has 0 aliphatic carbocycles. The molecule has 1 N–H and O–H groups in total. The average molecular weight is 274 g/mol. The minimum atomic E-state index is -0.174. The van der Waals surface area contributed by atoms with Crippen molar-refractivity contribution in [3.8, 4) is 0 Å². The van der Waals surface area contributed by atoms with E-state index < -0.39 is 0 Å². The van der Waals surface area contributed by atoms with Crippen LogP contribution in [0.4, 0.5) is 0 Å². The molecule has 0 radical (unpaired) electrons. The average Bonchev–Trinajstić information content (AvgIpc) is 2.84. The molecule has 4 nitrogen and oxygen atoms in total. The molecular formula is C10H12BrNO3. The molecule has 1 fully saturated rings. The Morgan fingerprint density at radius 3 is 3.07 bits per heavy atom. The third-order valence-electron chi connectivity index (χ3n) is 2.37. The highest BCUT2D eigenvalue weighted by Gasteiger charge is 2.17. The lowest BCUT2D eigenvalue weighted by Gasteiger charge is -2.07. The molecule has 0 saturated carbocycles. The zero-order chi connectivity index (χ0) is 10.7. The first-order valence-corrected chi connectivity index (χ1v) is 5.66. The van der Waals surface area contributed by atoms with Gasteiger partial charge in [-0.15, -0.1) is 0 Å². The number of nitrogens with one attached hydrogen (secondary N) is 1. The monoisotopic (exact) mass is 273 g/mol. The zero-order valence-corrected chi connectivity index (χ0v) is 9.75. The minimum absolute atomic E-state index is 0.174. The highest BCUT2D eigenvalue weighted by Crippen LogP contribution is 2.14. The second-order valence-corrected chi connectivity index (χ2v) is 4.32. The number of hydrogen-bond donors (Lipinski definition) is 1. The molecule has 82 valence electrons. The Kier molecular flexibility index (Phi) is 3.43. The minimum Gasteiger partial charge on any atom is -0.444 e. The summed E-state index contributed by atoms with van der Waals surface area (Å²) in [6.07, 6.45) is 1.02. The Morgan fingerprint density at radius 1 is 1.60 bits per heavy atom. The van der Waals surface area contributed by atoms with Gasteiger partial charge < -0.3 is 14.5 Å². The van der Waals surface area contributed by atoms with Crippen LogP contribution < -0.4 is 5.32 Å². The molecule has 5 heteroatoms. The summed E-state index contributed by atoms with van der Waals surface area (Å²) in [5.41, 5.74) is 0. The maximum atomic E-state index is 11.5. The van der Waals surface area contributed by atoms with Crippen molar-refractivity contribution in [3.05, 3.63) is 22.6 Å². The van der Waals surface area contributed by atoms with E-state index in [1.54, 1.807) is 12.1 Å². The van der Waals surface area contributed by atoms with Gasteiger partial charge in [-0.2, -0.15) is 0 Å². The smallest absolute Gasteiger partial charge is 0.287 e. The fourth-order valence-corrected chi connectivity index (χ4v) is 1.81. The maximum absolute atomic E-state index is 11.5. The first kappa shape index (κ1) is 10.7. The van der Waals surface area contributed by atoms with E-state index in [9.17, 15) is 4.79 Å². The van der Waals surface area contributed by atoms with Crippen LogP contribution in [0.1, 0.15) is 17.0 Å². The van der Waals surface area contributed by atoms with Crippen LogP contribution in [0.2, 0.25) is 0 Å². The maximum Gasteiger partial charge on any atom is 0.287 e. The summed E-state index contributed by atoms with van der Waals surface area (Å²) < 4.78 is 10.9. The molecule has 1 aliphatic heterocycles. The molecule has 1 atom stereocenters. The van der Waals surface area contributed by atoms with E-state index in [1.165, 1.54) is 0 Å². The van der Waals surface area contributed by atoms with Crippen LogP contribution in [0, 0.1) is 5.92 Å². The predicted molar refractivity (Wildman–Crippen MR) is 57.7 cm³/mol. The van der Waals surface area contributed by atoms with Crippen molar-refractivity contribution in [2.45, 2.75) is 6.42 Å². The summed E-state index contributed by atoms with van der Waals surface area (Å²) >= 11 is 3.15. The number of carbonyl (C=O) groups is 1. The van der Waals surface area contributed by atoms with Crippen LogP contribution in [0.3, 0.4) is 0 Å². The number of amides is 1. The van der Waals surface area contributed by atoms with Crippen LogP contribution in [-0.2, 0) is 4.74 Å². The van der Waals surface area contributed by atoms with Crippen LogP contribution in [-0.4, -0.2) is 25.7 Å². The second-order valence-electron chi connectivity index (χ2n) is 3.54. The van der Waals surface area contributed by atoms with Gasteiger partial charge in [-0.25, -0.2) is 0 Å². The number of carbonyl (C=O) groups excluding carboxylic acids is 1. The normalized spacial score (nSPS) is 20.5. The van der Waals surface area contributed by atoms with Gasteiger partial charge in [-0.05, 0) is 34.5 Å². The van der Waals surface area contributed by atoms with Gasteiger partial charge in [0.2, 0.25) is 0 Å². The van der Waals surface area contributed by atoms with Crippen molar-refractivity contribution >= 4 is 21.8 Å². The molecule has 1 amide bonds. The second kappa shape index (κ2) is 4.81. The lowest BCUT2D eigenvalue weighted by Crippen LogP contribution is -2.29. The summed E-state index contributed by atoms with van der Waals surface area (Å²) in [5.74, 6) is 0.598. The van der Waals surface area contributed by atoms with Crippen molar-refractivity contribution in [3.63, 3.8) is 0 Å². The Bertz CT molecular complexity index is 344. The Hall–Kier alpha value is -0.810. The Balaban J connectivity index is 1.81. The Labute approximate surface area is 96.1 Å². The highest BCUT2D eigenvalue weighted by atomic mass is 79.9. The number of furan rings is 1. The molecule has 1 aliphatic rings. The summed E-state index contributed by atoms with van der Waals surface area (Å²) in [6, 6.07) is 3.35. The molecule has 15 heavy (non-hydrogen) atoms. The topological polar surface area (TPSA) is 51.5 Å². The predicted octanol–water partition coefficient (Wildman–Crippen LogP) is 1.81. The van der Waals surface area contributed by atoms with Gasteiger partial charge in [0, 0.05) is 19.1 Å². The van der Waals surface area contributed by atoms with Crippen LogP contribution >= 0.6 is 15.9 Å². The van der Waals surface area contributed by atoms with E-state index in [-0.39, 0.29) is 5.91 Å². The molecule has 0 spiro atoms. The van der Waals surface area contributed by atoms with Crippen LogP contribution in [0.5, 0.6) is 0 Å². The van der Waals surface area contributed by atoms with Crippen molar-refractivity contribution in [2.24, 2.45) is 5.92 Å². The highest BCUT2D eigenvalue weighted by molar-refractivity contribution is 9.10. The third-order valence-corrected chi connectivity index (χ3v) is 2.80. The van der Waals surface area contributed by atoms with Gasteiger partial charge in [-0.3, -0.25) is 4.79 Å². The van der Waals surface area contributed by atoms with E-state index in [0.29, 0.717) is 22.9 Å². The quantitative estimate of drug-likeness (QED) is 0.914. The molecule has 2 heterocycles. The van der Waals surface area contributed by atoms with Crippen LogP contribution in [0.15, 0.2) is 21.2 Å². The van der Waals surface area contributed by atoms with E-state index in [2.05, 4.69) is 21.2 Å². The zero-order valence-electron chi connectivity index (χ0n) is 8.16. The molecule has 1 unspecified atom stereocenters. The molecule has 0 bridgehead atoms. The largest absolute Gasteiger partial charge is 0.444 e. The van der Waals surface area contributed by atoms with Crippen molar-refractivity contribution < 1.29 is 13.9 Å². The van der Waals surface area contributed by atoms with Gasteiger partial charge in [-0.1, -0.05) is 0 Å². The number of hydrogen-bond acceptors (Lipinski definition) is 3. The third kappa shape index (κ3) is 2.82. The fourth-order valence-electron chi connectivity index (χ4n) is 1.50. The number of halogens is 1. The first-order chi connectivity index (χ1) is 7.25. The standard InChI is InChI=1S/C10H12BrNO3/c11-9-2-1-8(15-9)10(13)12-5-7-3-4-14-6-7/h1-2,7H,3-6H2,(H,12,13). The number of rotatable bonds is 3.